The first-order valence-electron chi connectivity index (χ1n) is 6.10. The van der Waals surface area contributed by atoms with Crippen molar-refractivity contribution >= 4 is 5.82 Å². The third kappa shape index (κ3) is 3.17. The van der Waals surface area contributed by atoms with E-state index < -0.39 is 0 Å². The van der Waals surface area contributed by atoms with Crippen molar-refractivity contribution in [3.63, 3.8) is 0 Å². The van der Waals surface area contributed by atoms with Gasteiger partial charge in [-0.2, -0.15) is 0 Å². The summed E-state index contributed by atoms with van der Waals surface area (Å²) in [6.45, 7) is 4.32. The molecule has 4 nitrogen and oxygen atoms in total. The predicted octanol–water partition coefficient (Wildman–Crippen LogP) is 1.82. The van der Waals surface area contributed by atoms with Crippen LogP contribution in [-0.2, 0) is 6.54 Å². The van der Waals surface area contributed by atoms with Crippen LogP contribution in [0.3, 0.4) is 0 Å². The van der Waals surface area contributed by atoms with Gasteiger partial charge in [-0.1, -0.05) is 13.3 Å². The molecule has 1 heterocycles. The number of nitrogens with zero attached hydrogens (tertiary/aromatic N) is 3. The lowest BCUT2D eigenvalue weighted by molar-refractivity contribution is 0.247. The summed E-state index contributed by atoms with van der Waals surface area (Å²) in [5.41, 5.74) is 6.55. The number of hydrogen-bond donors (Lipinski definition) is 1. The highest BCUT2D eigenvalue weighted by Gasteiger charge is 2.28. The zero-order valence-electron chi connectivity index (χ0n) is 9.89. The quantitative estimate of drug-likeness (QED) is 0.794. The number of aromatic nitrogens is 2. The lowest BCUT2D eigenvalue weighted by atomic mass is 10.3. The predicted molar refractivity (Wildman–Crippen MR) is 64.8 cm³/mol. The lowest BCUT2D eigenvalue weighted by Gasteiger charge is -2.20. The molecule has 2 N–H and O–H groups in total. The average molecular weight is 220 g/mol. The van der Waals surface area contributed by atoms with Gasteiger partial charge in [0.25, 0.3) is 0 Å². The molecule has 0 atom stereocenters. The summed E-state index contributed by atoms with van der Waals surface area (Å²) in [6.07, 6.45) is 8.62. The van der Waals surface area contributed by atoms with E-state index in [2.05, 4.69) is 21.8 Å². The molecule has 0 radical (unpaired) electrons. The van der Waals surface area contributed by atoms with E-state index in [1.54, 1.807) is 12.4 Å². The minimum atomic E-state index is 0.496. The van der Waals surface area contributed by atoms with Gasteiger partial charge in [-0.15, -0.1) is 0 Å². The van der Waals surface area contributed by atoms with E-state index in [0.717, 1.165) is 18.3 Å². The molecule has 16 heavy (non-hydrogen) atoms. The van der Waals surface area contributed by atoms with Crippen LogP contribution in [0.2, 0.25) is 0 Å². The topological polar surface area (TPSA) is 55.0 Å². The van der Waals surface area contributed by atoms with E-state index in [1.807, 2.05) is 0 Å². The van der Waals surface area contributed by atoms with E-state index in [4.69, 9.17) is 5.73 Å². The first-order chi connectivity index (χ1) is 7.79. The summed E-state index contributed by atoms with van der Waals surface area (Å²) >= 11 is 0. The molecule has 4 heteroatoms. The van der Waals surface area contributed by atoms with Gasteiger partial charge >= 0.3 is 0 Å². The molecule has 0 amide bonds. The fraction of sp³-hybridized carbons (Fsp3) is 0.667. The lowest BCUT2D eigenvalue weighted by Crippen LogP contribution is -2.27. The molecular weight excluding hydrogens is 200 g/mol. The van der Waals surface area contributed by atoms with Crippen LogP contribution >= 0.6 is 0 Å². The summed E-state index contributed by atoms with van der Waals surface area (Å²) in [4.78, 5) is 10.9. The Morgan fingerprint density at radius 1 is 1.38 bits per heavy atom. The Morgan fingerprint density at radius 3 is 2.75 bits per heavy atom. The van der Waals surface area contributed by atoms with Crippen molar-refractivity contribution in [2.24, 2.45) is 0 Å². The molecule has 1 aromatic rings. The Morgan fingerprint density at radius 2 is 2.19 bits per heavy atom. The van der Waals surface area contributed by atoms with Gasteiger partial charge in [-0.3, -0.25) is 9.88 Å². The smallest absolute Gasteiger partial charge is 0.141 e. The van der Waals surface area contributed by atoms with Crippen LogP contribution in [0.4, 0.5) is 5.82 Å². The van der Waals surface area contributed by atoms with Crippen LogP contribution in [0.1, 0.15) is 38.3 Å². The number of unbranched alkanes of at least 4 members (excludes halogenated alkanes) is 1. The van der Waals surface area contributed by atoms with Crippen molar-refractivity contribution in [2.45, 2.75) is 45.2 Å². The SMILES string of the molecule is CCCCN(Cc1cnc(N)cn1)C1CC1. The van der Waals surface area contributed by atoms with E-state index in [-0.39, 0.29) is 0 Å². The zero-order chi connectivity index (χ0) is 11.4. The molecule has 2 rings (SSSR count). The van der Waals surface area contributed by atoms with Gasteiger partial charge in [-0.25, -0.2) is 4.98 Å². The molecule has 1 aliphatic carbocycles. The van der Waals surface area contributed by atoms with Crippen LogP contribution in [0.25, 0.3) is 0 Å². The zero-order valence-corrected chi connectivity index (χ0v) is 9.89. The maximum atomic E-state index is 5.52. The highest BCUT2D eigenvalue weighted by molar-refractivity contribution is 5.22. The molecule has 0 bridgehead atoms. The van der Waals surface area contributed by atoms with Crippen molar-refractivity contribution < 1.29 is 0 Å². The van der Waals surface area contributed by atoms with Crippen molar-refractivity contribution in [3.8, 4) is 0 Å². The molecular formula is C12H20N4. The Kier molecular flexibility index (Phi) is 3.72. The third-order valence-electron chi connectivity index (χ3n) is 2.95. The number of anilines is 1. The first kappa shape index (κ1) is 11.3. The number of rotatable bonds is 6. The third-order valence-corrected chi connectivity index (χ3v) is 2.95. The second kappa shape index (κ2) is 5.25. The Hall–Kier alpha value is -1.16. The van der Waals surface area contributed by atoms with Crippen molar-refractivity contribution in [2.75, 3.05) is 12.3 Å². The van der Waals surface area contributed by atoms with Crippen LogP contribution < -0.4 is 5.73 Å². The van der Waals surface area contributed by atoms with E-state index in [0.29, 0.717) is 5.82 Å². The molecule has 88 valence electrons. The van der Waals surface area contributed by atoms with Crippen LogP contribution in [0.15, 0.2) is 12.4 Å². The second-order valence-electron chi connectivity index (χ2n) is 4.49. The van der Waals surface area contributed by atoms with Crippen LogP contribution in [-0.4, -0.2) is 27.5 Å². The minimum absolute atomic E-state index is 0.496. The van der Waals surface area contributed by atoms with Crippen molar-refractivity contribution in [3.05, 3.63) is 18.1 Å². The van der Waals surface area contributed by atoms with Gasteiger partial charge in [-0.05, 0) is 25.8 Å². The van der Waals surface area contributed by atoms with Gasteiger partial charge in [0.15, 0.2) is 0 Å². The van der Waals surface area contributed by atoms with Gasteiger partial charge in [0.2, 0.25) is 0 Å². The fourth-order valence-electron chi connectivity index (χ4n) is 1.85. The number of hydrogen-bond acceptors (Lipinski definition) is 4. The van der Waals surface area contributed by atoms with Gasteiger partial charge < -0.3 is 5.73 Å². The maximum absolute atomic E-state index is 5.52. The normalized spacial score (nSPS) is 15.6. The van der Waals surface area contributed by atoms with Crippen molar-refractivity contribution in [1.29, 1.82) is 0 Å². The van der Waals surface area contributed by atoms with Gasteiger partial charge in [0.1, 0.15) is 5.82 Å². The summed E-state index contributed by atoms with van der Waals surface area (Å²) in [6, 6.07) is 0.783. The molecule has 1 fully saturated rings. The van der Waals surface area contributed by atoms with E-state index >= 15 is 0 Å². The molecule has 0 aromatic carbocycles. The highest BCUT2D eigenvalue weighted by atomic mass is 15.2. The molecule has 1 aromatic heterocycles. The molecule has 0 spiro atoms. The molecule has 0 unspecified atom stereocenters. The molecule has 1 saturated carbocycles. The second-order valence-corrected chi connectivity index (χ2v) is 4.49. The first-order valence-corrected chi connectivity index (χ1v) is 6.10. The number of nitrogens with two attached hydrogens (primary N) is 1. The number of nitrogen functional groups attached to an aromatic ring is 1. The van der Waals surface area contributed by atoms with E-state index in [9.17, 15) is 0 Å². The molecule has 1 aliphatic rings. The van der Waals surface area contributed by atoms with Gasteiger partial charge in [0, 0.05) is 12.6 Å². The minimum Gasteiger partial charge on any atom is -0.382 e. The van der Waals surface area contributed by atoms with Gasteiger partial charge in [0.05, 0.1) is 18.1 Å². The molecule has 0 saturated heterocycles. The summed E-state index contributed by atoms with van der Waals surface area (Å²) < 4.78 is 0. The summed E-state index contributed by atoms with van der Waals surface area (Å²) in [7, 11) is 0. The fourth-order valence-corrected chi connectivity index (χ4v) is 1.85. The summed E-state index contributed by atoms with van der Waals surface area (Å²) in [5.74, 6) is 0.496. The Labute approximate surface area is 96.9 Å². The van der Waals surface area contributed by atoms with Crippen LogP contribution in [0.5, 0.6) is 0 Å². The monoisotopic (exact) mass is 220 g/mol. The van der Waals surface area contributed by atoms with Crippen molar-refractivity contribution in [1.82, 2.24) is 14.9 Å². The maximum Gasteiger partial charge on any atom is 0.141 e. The molecule has 0 aliphatic heterocycles. The standard InChI is InChI=1S/C12H20N4/c1-2-3-6-16(11-4-5-11)9-10-7-15-12(13)8-14-10/h7-8,11H,2-6,9H2,1H3,(H2,13,15). The van der Waals surface area contributed by atoms with E-state index in [1.165, 1.54) is 32.2 Å². The largest absolute Gasteiger partial charge is 0.382 e. The Balaban J connectivity index is 1.91. The van der Waals surface area contributed by atoms with Crippen LogP contribution in [0, 0.1) is 0 Å². The average Bonchev–Trinajstić information content (AvgIpc) is 3.11. The summed E-state index contributed by atoms with van der Waals surface area (Å²) in [5, 5.41) is 0. The highest BCUT2D eigenvalue weighted by Crippen LogP contribution is 2.28. The Bertz CT molecular complexity index is 318.